The first kappa shape index (κ1) is 17.3. The predicted molar refractivity (Wildman–Crippen MR) is 95.2 cm³/mol. The number of nitrogens with one attached hydrogen (secondary N) is 2. The van der Waals surface area contributed by atoms with E-state index in [1.54, 1.807) is 6.26 Å². The molecule has 1 aromatic heterocycles. The maximum absolute atomic E-state index is 5.69. The fourth-order valence-electron chi connectivity index (χ4n) is 3.55. The van der Waals surface area contributed by atoms with Crippen molar-refractivity contribution in [2.45, 2.75) is 44.2 Å². The van der Waals surface area contributed by atoms with Crippen LogP contribution in [0.15, 0.2) is 27.8 Å². The van der Waals surface area contributed by atoms with Crippen LogP contribution in [0.1, 0.15) is 43.9 Å². The smallest absolute Gasteiger partial charge is 0.191 e. The average Bonchev–Trinajstić information content (AvgIpc) is 3.32. The van der Waals surface area contributed by atoms with Gasteiger partial charge in [-0.15, -0.1) is 0 Å². The summed E-state index contributed by atoms with van der Waals surface area (Å²) in [7, 11) is 1.81. The average molecular weight is 334 g/mol. The third-order valence-electron chi connectivity index (χ3n) is 4.91. The van der Waals surface area contributed by atoms with Crippen LogP contribution in [-0.4, -0.2) is 56.8 Å². The number of hydrogen-bond donors (Lipinski definition) is 2. The molecule has 0 aliphatic carbocycles. The van der Waals surface area contributed by atoms with Crippen molar-refractivity contribution in [3.05, 3.63) is 24.2 Å². The summed E-state index contributed by atoms with van der Waals surface area (Å²) >= 11 is 0. The predicted octanol–water partition coefficient (Wildman–Crippen LogP) is 2.15. The minimum absolute atomic E-state index is 0.251. The van der Waals surface area contributed by atoms with Gasteiger partial charge in [-0.1, -0.05) is 6.42 Å². The molecule has 0 amide bonds. The first-order chi connectivity index (χ1) is 11.9. The van der Waals surface area contributed by atoms with Gasteiger partial charge >= 0.3 is 0 Å². The largest absolute Gasteiger partial charge is 0.468 e. The number of likely N-dealkylation sites (tertiary alicyclic amines) is 1. The Morgan fingerprint density at radius 3 is 2.83 bits per heavy atom. The second-order valence-electron chi connectivity index (χ2n) is 6.60. The van der Waals surface area contributed by atoms with E-state index in [0.29, 0.717) is 6.10 Å². The number of guanidine groups is 1. The normalized spacial score (nSPS) is 24.0. The number of furan rings is 1. The van der Waals surface area contributed by atoms with Crippen LogP contribution < -0.4 is 10.6 Å². The Morgan fingerprint density at radius 2 is 2.17 bits per heavy atom. The summed E-state index contributed by atoms with van der Waals surface area (Å²) in [4.78, 5) is 6.85. The molecule has 2 N–H and O–H groups in total. The molecule has 1 aromatic rings. The highest BCUT2D eigenvalue weighted by Gasteiger charge is 2.24. The van der Waals surface area contributed by atoms with Crippen LogP contribution in [-0.2, 0) is 4.74 Å². The molecule has 0 aromatic carbocycles. The maximum atomic E-state index is 5.69. The van der Waals surface area contributed by atoms with E-state index in [2.05, 4.69) is 26.6 Å². The lowest BCUT2D eigenvalue weighted by Crippen LogP contribution is -2.45. The fraction of sp³-hybridized carbons (Fsp3) is 0.722. The summed E-state index contributed by atoms with van der Waals surface area (Å²) in [5, 5.41) is 6.84. The summed E-state index contributed by atoms with van der Waals surface area (Å²) in [6.45, 7) is 4.76. The molecule has 3 rings (SSSR count). The topological polar surface area (TPSA) is 62.0 Å². The first-order valence-electron chi connectivity index (χ1n) is 9.20. The van der Waals surface area contributed by atoms with E-state index < -0.39 is 0 Å². The summed E-state index contributed by atoms with van der Waals surface area (Å²) in [6, 6.07) is 4.29. The van der Waals surface area contributed by atoms with Gasteiger partial charge in [0.15, 0.2) is 5.96 Å². The monoisotopic (exact) mass is 334 g/mol. The molecule has 0 spiro atoms. The number of aliphatic imine (C=N–C) groups is 1. The van der Waals surface area contributed by atoms with E-state index in [1.807, 2.05) is 13.1 Å². The Bertz CT molecular complexity index is 491. The molecule has 2 aliphatic rings. The highest BCUT2D eigenvalue weighted by atomic mass is 16.5. The molecule has 24 heavy (non-hydrogen) atoms. The molecule has 2 aliphatic heterocycles. The van der Waals surface area contributed by atoms with E-state index in [-0.39, 0.29) is 6.04 Å². The third-order valence-corrected chi connectivity index (χ3v) is 4.91. The third kappa shape index (κ3) is 4.74. The first-order valence-corrected chi connectivity index (χ1v) is 9.20. The zero-order chi connectivity index (χ0) is 16.6. The van der Waals surface area contributed by atoms with Crippen molar-refractivity contribution in [2.75, 3.05) is 39.8 Å². The molecule has 2 unspecified atom stereocenters. The second kappa shape index (κ2) is 9.08. The molecule has 2 saturated heterocycles. The van der Waals surface area contributed by atoms with Crippen molar-refractivity contribution in [3.8, 4) is 0 Å². The Kier molecular flexibility index (Phi) is 6.55. The molecule has 3 heterocycles. The van der Waals surface area contributed by atoms with Crippen LogP contribution in [0, 0.1) is 0 Å². The number of rotatable bonds is 6. The number of ether oxygens (including phenoxy) is 1. The van der Waals surface area contributed by atoms with Crippen molar-refractivity contribution in [1.82, 2.24) is 15.5 Å². The highest BCUT2D eigenvalue weighted by Crippen LogP contribution is 2.24. The van der Waals surface area contributed by atoms with Crippen LogP contribution in [0.4, 0.5) is 0 Å². The van der Waals surface area contributed by atoms with Crippen molar-refractivity contribution in [1.29, 1.82) is 0 Å². The molecule has 134 valence electrons. The number of piperidine rings is 1. The molecule has 0 radical (unpaired) electrons. The Morgan fingerprint density at radius 1 is 1.29 bits per heavy atom. The van der Waals surface area contributed by atoms with Crippen LogP contribution >= 0.6 is 0 Å². The highest BCUT2D eigenvalue weighted by molar-refractivity contribution is 5.79. The van der Waals surface area contributed by atoms with Gasteiger partial charge in [-0.05, 0) is 50.9 Å². The van der Waals surface area contributed by atoms with Crippen LogP contribution in [0.5, 0.6) is 0 Å². The van der Waals surface area contributed by atoms with E-state index in [9.17, 15) is 0 Å². The van der Waals surface area contributed by atoms with Gasteiger partial charge in [0.25, 0.3) is 0 Å². The fourth-order valence-corrected chi connectivity index (χ4v) is 3.55. The molecule has 2 fully saturated rings. The Hall–Kier alpha value is -1.53. The van der Waals surface area contributed by atoms with Gasteiger partial charge < -0.3 is 19.8 Å². The van der Waals surface area contributed by atoms with Crippen molar-refractivity contribution < 1.29 is 9.15 Å². The summed E-state index contributed by atoms with van der Waals surface area (Å²) in [6.07, 6.45) is 8.23. The van der Waals surface area contributed by atoms with Gasteiger partial charge in [-0.2, -0.15) is 0 Å². The van der Waals surface area contributed by atoms with Gasteiger partial charge in [0, 0.05) is 26.7 Å². The zero-order valence-corrected chi connectivity index (χ0v) is 14.7. The maximum Gasteiger partial charge on any atom is 0.191 e. The molecule has 2 atom stereocenters. The molecule has 0 saturated carbocycles. The standard InChI is InChI=1S/C18H30N4O2/c1-19-18(20-13-15-7-5-11-23-15)21-14-16(17-8-6-12-24-17)22-9-3-2-4-10-22/h6,8,12,15-16H,2-5,7,9-11,13-14H2,1H3,(H2,19,20,21). The summed E-state index contributed by atoms with van der Waals surface area (Å²) < 4.78 is 11.4. The van der Waals surface area contributed by atoms with E-state index in [4.69, 9.17) is 9.15 Å². The Labute approximate surface area is 144 Å². The van der Waals surface area contributed by atoms with Gasteiger partial charge in [-0.25, -0.2) is 0 Å². The number of nitrogens with zero attached hydrogens (tertiary/aromatic N) is 2. The Balaban J connectivity index is 1.53. The minimum Gasteiger partial charge on any atom is -0.468 e. The lowest BCUT2D eigenvalue weighted by Gasteiger charge is -2.33. The summed E-state index contributed by atoms with van der Waals surface area (Å²) in [5.41, 5.74) is 0. The lowest BCUT2D eigenvalue weighted by molar-refractivity contribution is 0.113. The van der Waals surface area contributed by atoms with Gasteiger partial charge in [0.2, 0.25) is 0 Å². The summed E-state index contributed by atoms with van der Waals surface area (Å²) in [5.74, 6) is 1.86. The second-order valence-corrected chi connectivity index (χ2v) is 6.60. The van der Waals surface area contributed by atoms with E-state index in [0.717, 1.165) is 57.3 Å². The van der Waals surface area contributed by atoms with Gasteiger partial charge in [-0.3, -0.25) is 9.89 Å². The van der Waals surface area contributed by atoms with Crippen molar-refractivity contribution in [3.63, 3.8) is 0 Å². The molecule has 6 heteroatoms. The van der Waals surface area contributed by atoms with Gasteiger partial charge in [0.05, 0.1) is 18.4 Å². The lowest BCUT2D eigenvalue weighted by atomic mass is 10.1. The van der Waals surface area contributed by atoms with Crippen LogP contribution in [0.2, 0.25) is 0 Å². The van der Waals surface area contributed by atoms with E-state index >= 15 is 0 Å². The van der Waals surface area contributed by atoms with E-state index in [1.165, 1.54) is 19.3 Å². The minimum atomic E-state index is 0.251. The zero-order valence-electron chi connectivity index (χ0n) is 14.7. The number of hydrogen-bond acceptors (Lipinski definition) is 4. The molecule has 0 bridgehead atoms. The SMILES string of the molecule is CN=C(NCC1CCCO1)NCC(c1ccco1)N1CCCCC1. The van der Waals surface area contributed by atoms with Crippen molar-refractivity contribution in [2.24, 2.45) is 4.99 Å². The van der Waals surface area contributed by atoms with Crippen molar-refractivity contribution >= 4 is 5.96 Å². The molecular weight excluding hydrogens is 304 g/mol. The van der Waals surface area contributed by atoms with Crippen LogP contribution in [0.3, 0.4) is 0 Å². The van der Waals surface area contributed by atoms with Crippen LogP contribution in [0.25, 0.3) is 0 Å². The molecule has 6 nitrogen and oxygen atoms in total. The quantitative estimate of drug-likeness (QED) is 0.616. The molecular formula is C18H30N4O2. The van der Waals surface area contributed by atoms with Gasteiger partial charge in [0.1, 0.15) is 5.76 Å².